The van der Waals surface area contributed by atoms with Crippen LogP contribution < -0.4 is 0 Å². The van der Waals surface area contributed by atoms with Gasteiger partial charge in [0.15, 0.2) is 0 Å². The van der Waals surface area contributed by atoms with E-state index in [2.05, 4.69) is 13.8 Å². The summed E-state index contributed by atoms with van der Waals surface area (Å²) in [4.78, 5) is 0. The summed E-state index contributed by atoms with van der Waals surface area (Å²) < 4.78 is 11.5. The minimum atomic E-state index is 0.0780. The molecule has 1 saturated heterocycles. The Bertz CT molecular complexity index is 195. The molecular formula is C13H24O2. The van der Waals surface area contributed by atoms with Gasteiger partial charge in [-0.25, -0.2) is 0 Å². The number of rotatable bonds is 5. The molecule has 0 N–H and O–H groups in total. The molecule has 2 nitrogen and oxygen atoms in total. The van der Waals surface area contributed by atoms with Crippen molar-refractivity contribution in [1.29, 1.82) is 0 Å². The Morgan fingerprint density at radius 1 is 1.27 bits per heavy atom. The van der Waals surface area contributed by atoms with Gasteiger partial charge in [0, 0.05) is 6.61 Å². The van der Waals surface area contributed by atoms with Crippen LogP contribution in [0.4, 0.5) is 0 Å². The van der Waals surface area contributed by atoms with E-state index in [4.69, 9.17) is 9.47 Å². The second kappa shape index (κ2) is 4.84. The second-order valence-electron chi connectivity index (χ2n) is 5.20. The van der Waals surface area contributed by atoms with E-state index < -0.39 is 0 Å². The Morgan fingerprint density at radius 2 is 1.93 bits per heavy atom. The molecule has 2 rings (SSSR count). The van der Waals surface area contributed by atoms with Crippen LogP contribution in [0.25, 0.3) is 0 Å². The largest absolute Gasteiger partial charge is 0.378 e. The van der Waals surface area contributed by atoms with Gasteiger partial charge in [-0.2, -0.15) is 0 Å². The molecule has 1 saturated carbocycles. The quantitative estimate of drug-likeness (QED) is 0.653. The van der Waals surface area contributed by atoms with Crippen molar-refractivity contribution in [3.8, 4) is 0 Å². The molecule has 2 heteroatoms. The first-order chi connectivity index (χ1) is 7.27. The SMILES string of the molecule is CCC1(COCC2CCCCC2)OC1C. The molecule has 2 atom stereocenters. The third-order valence-corrected chi connectivity index (χ3v) is 4.12. The summed E-state index contributed by atoms with van der Waals surface area (Å²) >= 11 is 0. The molecule has 0 amide bonds. The molecule has 0 radical (unpaired) electrons. The van der Waals surface area contributed by atoms with Crippen molar-refractivity contribution in [2.24, 2.45) is 5.92 Å². The summed E-state index contributed by atoms with van der Waals surface area (Å²) in [5, 5.41) is 0. The summed E-state index contributed by atoms with van der Waals surface area (Å²) in [7, 11) is 0. The molecule has 15 heavy (non-hydrogen) atoms. The van der Waals surface area contributed by atoms with Crippen molar-refractivity contribution in [3.63, 3.8) is 0 Å². The van der Waals surface area contributed by atoms with Gasteiger partial charge >= 0.3 is 0 Å². The summed E-state index contributed by atoms with van der Waals surface area (Å²) in [6.45, 7) is 6.10. The monoisotopic (exact) mass is 212 g/mol. The molecule has 0 spiro atoms. The Labute approximate surface area is 93.3 Å². The lowest BCUT2D eigenvalue weighted by molar-refractivity contribution is 0.0452. The smallest absolute Gasteiger partial charge is 0.117 e. The first-order valence-corrected chi connectivity index (χ1v) is 6.52. The zero-order valence-corrected chi connectivity index (χ0v) is 10.1. The van der Waals surface area contributed by atoms with E-state index in [1.54, 1.807) is 0 Å². The van der Waals surface area contributed by atoms with Crippen molar-refractivity contribution in [2.75, 3.05) is 13.2 Å². The first-order valence-electron chi connectivity index (χ1n) is 6.52. The van der Waals surface area contributed by atoms with E-state index in [0.29, 0.717) is 6.10 Å². The van der Waals surface area contributed by atoms with Crippen LogP contribution in [0.15, 0.2) is 0 Å². The van der Waals surface area contributed by atoms with E-state index >= 15 is 0 Å². The van der Waals surface area contributed by atoms with Crippen LogP contribution in [-0.4, -0.2) is 24.9 Å². The lowest BCUT2D eigenvalue weighted by atomic mass is 9.90. The fraction of sp³-hybridized carbons (Fsp3) is 1.00. The summed E-state index contributed by atoms with van der Waals surface area (Å²) in [6.07, 6.45) is 8.47. The van der Waals surface area contributed by atoms with Crippen molar-refractivity contribution >= 4 is 0 Å². The first kappa shape index (κ1) is 11.4. The number of hydrogen-bond donors (Lipinski definition) is 0. The summed E-state index contributed by atoms with van der Waals surface area (Å²) in [5.41, 5.74) is 0.0780. The van der Waals surface area contributed by atoms with Crippen molar-refractivity contribution in [3.05, 3.63) is 0 Å². The maximum Gasteiger partial charge on any atom is 0.117 e. The van der Waals surface area contributed by atoms with Crippen LogP contribution in [-0.2, 0) is 9.47 Å². The van der Waals surface area contributed by atoms with Gasteiger partial charge in [0.05, 0.1) is 12.7 Å². The zero-order valence-electron chi connectivity index (χ0n) is 10.1. The molecule has 0 aromatic rings. The van der Waals surface area contributed by atoms with Crippen LogP contribution in [0.3, 0.4) is 0 Å². The molecule has 1 aliphatic heterocycles. The standard InChI is InChI=1S/C13H24O2/c1-3-13(11(2)15-13)10-14-9-12-7-5-4-6-8-12/h11-12H,3-10H2,1-2H3. The number of ether oxygens (including phenoxy) is 2. The van der Waals surface area contributed by atoms with Gasteiger partial charge in [-0.1, -0.05) is 26.2 Å². The van der Waals surface area contributed by atoms with Gasteiger partial charge in [0.2, 0.25) is 0 Å². The lowest BCUT2D eigenvalue weighted by Crippen LogP contribution is -2.23. The van der Waals surface area contributed by atoms with Crippen LogP contribution >= 0.6 is 0 Å². The van der Waals surface area contributed by atoms with Crippen LogP contribution in [0.1, 0.15) is 52.4 Å². The van der Waals surface area contributed by atoms with Crippen molar-refractivity contribution in [1.82, 2.24) is 0 Å². The zero-order chi connectivity index (χ0) is 10.7. The fourth-order valence-corrected chi connectivity index (χ4v) is 2.69. The molecule has 1 heterocycles. The van der Waals surface area contributed by atoms with Crippen LogP contribution in [0.2, 0.25) is 0 Å². The molecule has 0 aromatic heterocycles. The maximum absolute atomic E-state index is 5.84. The van der Waals surface area contributed by atoms with Gasteiger partial charge in [-0.3, -0.25) is 0 Å². The highest BCUT2D eigenvalue weighted by Gasteiger charge is 2.51. The number of epoxide rings is 1. The Balaban J connectivity index is 1.62. The number of hydrogen-bond acceptors (Lipinski definition) is 2. The fourth-order valence-electron chi connectivity index (χ4n) is 2.69. The molecule has 2 unspecified atom stereocenters. The predicted octanol–water partition coefficient (Wildman–Crippen LogP) is 3.15. The van der Waals surface area contributed by atoms with Crippen molar-refractivity contribution < 1.29 is 9.47 Å². The van der Waals surface area contributed by atoms with Gasteiger partial charge < -0.3 is 9.47 Å². The highest BCUT2D eigenvalue weighted by molar-refractivity contribution is 4.99. The highest BCUT2D eigenvalue weighted by Crippen LogP contribution is 2.39. The minimum Gasteiger partial charge on any atom is -0.378 e. The van der Waals surface area contributed by atoms with Gasteiger partial charge in [0.25, 0.3) is 0 Å². The Hall–Kier alpha value is -0.0800. The summed E-state index contributed by atoms with van der Waals surface area (Å²) in [5.74, 6) is 0.821. The van der Waals surface area contributed by atoms with E-state index in [1.807, 2.05) is 0 Å². The third-order valence-electron chi connectivity index (χ3n) is 4.12. The normalized spacial score (nSPS) is 36.8. The van der Waals surface area contributed by atoms with Gasteiger partial charge in [-0.15, -0.1) is 0 Å². The molecule has 0 aromatic carbocycles. The molecular weight excluding hydrogens is 188 g/mol. The second-order valence-corrected chi connectivity index (χ2v) is 5.20. The van der Waals surface area contributed by atoms with E-state index in [9.17, 15) is 0 Å². The van der Waals surface area contributed by atoms with E-state index in [1.165, 1.54) is 32.1 Å². The predicted molar refractivity (Wildman–Crippen MR) is 61.0 cm³/mol. The van der Waals surface area contributed by atoms with Crippen LogP contribution in [0.5, 0.6) is 0 Å². The topological polar surface area (TPSA) is 21.8 Å². The molecule has 0 bridgehead atoms. The van der Waals surface area contributed by atoms with Crippen LogP contribution in [0, 0.1) is 5.92 Å². The average molecular weight is 212 g/mol. The lowest BCUT2D eigenvalue weighted by Gasteiger charge is -2.22. The molecule has 1 aliphatic carbocycles. The Kier molecular flexibility index (Phi) is 3.68. The average Bonchev–Trinajstić information content (AvgIpc) is 2.92. The van der Waals surface area contributed by atoms with Gasteiger partial charge in [-0.05, 0) is 32.1 Å². The molecule has 88 valence electrons. The highest BCUT2D eigenvalue weighted by atomic mass is 16.6. The van der Waals surface area contributed by atoms with Crippen molar-refractivity contribution in [2.45, 2.75) is 64.1 Å². The molecule has 2 fully saturated rings. The Morgan fingerprint density at radius 3 is 2.47 bits per heavy atom. The third kappa shape index (κ3) is 2.73. The molecule has 2 aliphatic rings. The minimum absolute atomic E-state index is 0.0780. The van der Waals surface area contributed by atoms with E-state index in [-0.39, 0.29) is 5.60 Å². The summed E-state index contributed by atoms with van der Waals surface area (Å²) in [6, 6.07) is 0. The van der Waals surface area contributed by atoms with Gasteiger partial charge in [0.1, 0.15) is 5.60 Å². The van der Waals surface area contributed by atoms with E-state index in [0.717, 1.165) is 25.6 Å². The maximum atomic E-state index is 5.84.